The number of nitrogens with zero attached hydrogens (tertiary/aromatic N) is 1. The van der Waals surface area contributed by atoms with Crippen LogP contribution in [0.4, 0.5) is 0 Å². The highest BCUT2D eigenvalue weighted by molar-refractivity contribution is 4.97. The van der Waals surface area contributed by atoms with Crippen molar-refractivity contribution in [3.05, 3.63) is 11.8 Å². The highest BCUT2D eigenvalue weighted by Crippen LogP contribution is 1.94. The van der Waals surface area contributed by atoms with Crippen LogP contribution in [0.2, 0.25) is 0 Å². The predicted molar refractivity (Wildman–Crippen MR) is 47.3 cm³/mol. The first-order valence-electron chi connectivity index (χ1n) is 4.16. The topological polar surface area (TPSA) is 41.3 Å². The second-order valence-electron chi connectivity index (χ2n) is 2.89. The van der Waals surface area contributed by atoms with Crippen molar-refractivity contribution in [2.24, 2.45) is 5.73 Å². The molecule has 1 rings (SSSR count). The SMILES string of the molecule is C/C=C(\N)CN1CCNCC1. The van der Waals surface area contributed by atoms with E-state index in [1.165, 1.54) is 0 Å². The maximum Gasteiger partial charge on any atom is 0.0377 e. The van der Waals surface area contributed by atoms with Crippen LogP contribution in [-0.4, -0.2) is 37.6 Å². The Morgan fingerprint density at radius 1 is 1.55 bits per heavy atom. The summed E-state index contributed by atoms with van der Waals surface area (Å²) in [4.78, 5) is 2.37. The lowest BCUT2D eigenvalue weighted by Crippen LogP contribution is -2.44. The summed E-state index contributed by atoms with van der Waals surface area (Å²) in [5.74, 6) is 0. The average molecular weight is 155 g/mol. The third kappa shape index (κ3) is 2.91. The standard InChI is InChI=1S/C8H17N3/c1-2-8(9)7-11-5-3-10-4-6-11/h2,10H,3-7,9H2,1H3/b8-2-. The Labute approximate surface area is 68.2 Å². The molecule has 0 radical (unpaired) electrons. The third-order valence-corrected chi connectivity index (χ3v) is 1.99. The van der Waals surface area contributed by atoms with Crippen LogP contribution in [0.3, 0.4) is 0 Å². The minimum absolute atomic E-state index is 0.929. The molecule has 3 N–H and O–H groups in total. The molecule has 0 aromatic rings. The Kier molecular flexibility index (Phi) is 3.39. The molecular weight excluding hydrogens is 138 g/mol. The molecule has 0 aromatic carbocycles. The second-order valence-corrected chi connectivity index (χ2v) is 2.89. The molecule has 64 valence electrons. The molecule has 0 atom stereocenters. The fraction of sp³-hybridized carbons (Fsp3) is 0.750. The van der Waals surface area contributed by atoms with E-state index in [0.29, 0.717) is 0 Å². The largest absolute Gasteiger partial charge is 0.401 e. The van der Waals surface area contributed by atoms with E-state index in [-0.39, 0.29) is 0 Å². The van der Waals surface area contributed by atoms with Crippen LogP contribution < -0.4 is 11.1 Å². The van der Waals surface area contributed by atoms with E-state index >= 15 is 0 Å². The fourth-order valence-corrected chi connectivity index (χ4v) is 1.22. The molecule has 0 aromatic heterocycles. The first-order chi connectivity index (χ1) is 5.33. The van der Waals surface area contributed by atoms with Gasteiger partial charge in [0.05, 0.1) is 0 Å². The molecule has 0 bridgehead atoms. The lowest BCUT2D eigenvalue weighted by molar-refractivity contribution is 0.259. The van der Waals surface area contributed by atoms with Crippen LogP contribution >= 0.6 is 0 Å². The van der Waals surface area contributed by atoms with Gasteiger partial charge in [0, 0.05) is 38.4 Å². The normalized spacial score (nSPS) is 22.1. The van der Waals surface area contributed by atoms with Crippen molar-refractivity contribution in [1.82, 2.24) is 10.2 Å². The maximum absolute atomic E-state index is 5.70. The van der Waals surface area contributed by atoms with Gasteiger partial charge in [-0.1, -0.05) is 6.08 Å². The van der Waals surface area contributed by atoms with Gasteiger partial charge >= 0.3 is 0 Å². The summed E-state index contributed by atoms with van der Waals surface area (Å²) in [5, 5.41) is 3.30. The van der Waals surface area contributed by atoms with Gasteiger partial charge in [-0.15, -0.1) is 0 Å². The third-order valence-electron chi connectivity index (χ3n) is 1.99. The number of piperazine rings is 1. The van der Waals surface area contributed by atoms with Crippen LogP contribution in [0.5, 0.6) is 0 Å². The van der Waals surface area contributed by atoms with Gasteiger partial charge in [-0.2, -0.15) is 0 Å². The quantitative estimate of drug-likeness (QED) is 0.578. The molecule has 1 aliphatic rings. The van der Waals surface area contributed by atoms with E-state index in [2.05, 4.69) is 10.2 Å². The highest BCUT2D eigenvalue weighted by Gasteiger charge is 2.08. The molecule has 0 saturated carbocycles. The Hall–Kier alpha value is -0.540. The Bertz CT molecular complexity index is 136. The van der Waals surface area contributed by atoms with Crippen molar-refractivity contribution in [3.63, 3.8) is 0 Å². The fourth-order valence-electron chi connectivity index (χ4n) is 1.22. The molecular formula is C8H17N3. The van der Waals surface area contributed by atoms with Crippen LogP contribution in [0.25, 0.3) is 0 Å². The number of nitrogens with one attached hydrogen (secondary N) is 1. The lowest BCUT2D eigenvalue weighted by atomic mass is 10.3. The zero-order valence-corrected chi connectivity index (χ0v) is 7.14. The summed E-state index contributed by atoms with van der Waals surface area (Å²) in [7, 11) is 0. The molecule has 1 fully saturated rings. The van der Waals surface area contributed by atoms with Crippen LogP contribution in [0.1, 0.15) is 6.92 Å². The van der Waals surface area contributed by atoms with E-state index < -0.39 is 0 Å². The average Bonchev–Trinajstić information content (AvgIpc) is 2.06. The van der Waals surface area contributed by atoms with Gasteiger partial charge in [-0.3, -0.25) is 4.90 Å². The maximum atomic E-state index is 5.70. The van der Waals surface area contributed by atoms with Gasteiger partial charge in [0.15, 0.2) is 0 Å². The van der Waals surface area contributed by atoms with Gasteiger partial charge in [0.25, 0.3) is 0 Å². The van der Waals surface area contributed by atoms with Gasteiger partial charge in [-0.05, 0) is 6.92 Å². The van der Waals surface area contributed by atoms with Crippen LogP contribution in [-0.2, 0) is 0 Å². The molecule has 11 heavy (non-hydrogen) atoms. The number of hydrogen-bond donors (Lipinski definition) is 2. The second kappa shape index (κ2) is 4.36. The van der Waals surface area contributed by atoms with Crippen molar-refractivity contribution in [2.45, 2.75) is 6.92 Å². The van der Waals surface area contributed by atoms with E-state index in [1.54, 1.807) is 0 Å². The molecule has 1 heterocycles. The number of nitrogens with two attached hydrogens (primary N) is 1. The van der Waals surface area contributed by atoms with E-state index in [0.717, 1.165) is 38.4 Å². The smallest absolute Gasteiger partial charge is 0.0377 e. The highest BCUT2D eigenvalue weighted by atomic mass is 15.2. The van der Waals surface area contributed by atoms with Gasteiger partial charge in [0.1, 0.15) is 0 Å². The van der Waals surface area contributed by atoms with Gasteiger partial charge in [-0.25, -0.2) is 0 Å². The summed E-state index contributed by atoms with van der Waals surface area (Å²) in [6, 6.07) is 0. The molecule has 0 unspecified atom stereocenters. The molecule has 3 nitrogen and oxygen atoms in total. The van der Waals surface area contributed by atoms with Crippen molar-refractivity contribution < 1.29 is 0 Å². The molecule has 0 spiro atoms. The first kappa shape index (κ1) is 8.56. The molecule has 1 aliphatic heterocycles. The summed E-state index contributed by atoms with van der Waals surface area (Å²) >= 11 is 0. The van der Waals surface area contributed by atoms with Gasteiger partial charge < -0.3 is 11.1 Å². The Morgan fingerprint density at radius 3 is 2.73 bits per heavy atom. The molecule has 1 saturated heterocycles. The minimum Gasteiger partial charge on any atom is -0.401 e. The number of allylic oxidation sites excluding steroid dienone is 1. The number of rotatable bonds is 2. The van der Waals surface area contributed by atoms with Crippen molar-refractivity contribution in [1.29, 1.82) is 0 Å². The summed E-state index contributed by atoms with van der Waals surface area (Å²) in [5.41, 5.74) is 6.68. The summed E-state index contributed by atoms with van der Waals surface area (Å²) < 4.78 is 0. The summed E-state index contributed by atoms with van der Waals surface area (Å²) in [6.45, 7) is 7.34. The monoisotopic (exact) mass is 155 g/mol. The zero-order chi connectivity index (χ0) is 8.10. The van der Waals surface area contributed by atoms with E-state index in [9.17, 15) is 0 Å². The zero-order valence-electron chi connectivity index (χ0n) is 7.14. The van der Waals surface area contributed by atoms with E-state index in [1.807, 2.05) is 13.0 Å². The molecule has 0 aliphatic carbocycles. The van der Waals surface area contributed by atoms with Crippen molar-refractivity contribution in [3.8, 4) is 0 Å². The molecule has 0 amide bonds. The van der Waals surface area contributed by atoms with Gasteiger partial charge in [0.2, 0.25) is 0 Å². The minimum atomic E-state index is 0.929. The van der Waals surface area contributed by atoms with Crippen LogP contribution in [0, 0.1) is 0 Å². The van der Waals surface area contributed by atoms with E-state index in [4.69, 9.17) is 5.73 Å². The first-order valence-corrected chi connectivity index (χ1v) is 4.16. The lowest BCUT2D eigenvalue weighted by Gasteiger charge is -2.27. The Morgan fingerprint density at radius 2 is 2.18 bits per heavy atom. The van der Waals surface area contributed by atoms with Crippen molar-refractivity contribution in [2.75, 3.05) is 32.7 Å². The predicted octanol–water partition coefficient (Wildman–Crippen LogP) is -0.246. The van der Waals surface area contributed by atoms with Crippen LogP contribution in [0.15, 0.2) is 11.8 Å². The Balaban J connectivity index is 2.24. The van der Waals surface area contributed by atoms with Crippen molar-refractivity contribution >= 4 is 0 Å². The number of hydrogen-bond acceptors (Lipinski definition) is 3. The molecule has 3 heteroatoms. The summed E-state index contributed by atoms with van der Waals surface area (Å²) in [6.07, 6.45) is 1.97.